The van der Waals surface area contributed by atoms with Gasteiger partial charge in [0.25, 0.3) is 0 Å². The van der Waals surface area contributed by atoms with Gasteiger partial charge in [0, 0.05) is 11.6 Å². The average Bonchev–Trinajstić information content (AvgIpc) is 2.26. The monoisotopic (exact) mass is 213 g/mol. The van der Waals surface area contributed by atoms with Crippen LogP contribution < -0.4 is 0 Å². The molecule has 0 aliphatic heterocycles. The van der Waals surface area contributed by atoms with Crippen molar-refractivity contribution in [2.75, 3.05) is 0 Å². The summed E-state index contributed by atoms with van der Waals surface area (Å²) in [5, 5.41) is 1.30. The predicted octanol–water partition coefficient (Wildman–Crippen LogP) is 4.09. The summed E-state index contributed by atoms with van der Waals surface area (Å²) in [6.07, 6.45) is 2.94. The zero-order valence-corrected chi connectivity index (χ0v) is 10.5. The van der Waals surface area contributed by atoms with Crippen molar-refractivity contribution < 1.29 is 0 Å². The van der Waals surface area contributed by atoms with Crippen LogP contribution in [0.1, 0.15) is 38.8 Å². The molecule has 1 heterocycles. The Hall–Kier alpha value is -1.37. The molecule has 1 aromatic heterocycles. The summed E-state index contributed by atoms with van der Waals surface area (Å²) in [6, 6.07) is 8.55. The number of hydrogen-bond donors (Lipinski definition) is 0. The Morgan fingerprint density at radius 2 is 1.88 bits per heavy atom. The fourth-order valence-corrected chi connectivity index (χ4v) is 2.38. The SMILES string of the molecule is CCc1ccc2ncccc2c1C(C)(C)C. The molecule has 0 N–H and O–H groups in total. The third-order valence-electron chi connectivity index (χ3n) is 3.00. The first-order valence-electron chi connectivity index (χ1n) is 5.91. The van der Waals surface area contributed by atoms with Crippen LogP contribution in [-0.2, 0) is 11.8 Å². The second-order valence-corrected chi connectivity index (χ2v) is 5.27. The molecule has 2 aromatic rings. The molecule has 0 bridgehead atoms. The minimum Gasteiger partial charge on any atom is -0.256 e. The van der Waals surface area contributed by atoms with Crippen LogP contribution in [0.25, 0.3) is 10.9 Å². The van der Waals surface area contributed by atoms with E-state index in [9.17, 15) is 0 Å². The molecular weight excluding hydrogens is 194 g/mol. The highest BCUT2D eigenvalue weighted by molar-refractivity contribution is 5.84. The van der Waals surface area contributed by atoms with E-state index in [1.807, 2.05) is 12.3 Å². The highest BCUT2D eigenvalue weighted by Gasteiger charge is 2.20. The van der Waals surface area contributed by atoms with Crippen molar-refractivity contribution in [1.82, 2.24) is 4.98 Å². The van der Waals surface area contributed by atoms with Gasteiger partial charge in [-0.2, -0.15) is 0 Å². The first-order chi connectivity index (χ1) is 7.54. The van der Waals surface area contributed by atoms with Crippen molar-refractivity contribution in [3.63, 3.8) is 0 Å². The molecule has 1 aromatic carbocycles. The Balaban J connectivity index is 2.84. The Labute approximate surface area is 97.5 Å². The van der Waals surface area contributed by atoms with E-state index in [2.05, 4.69) is 50.9 Å². The molecule has 2 rings (SSSR count). The highest BCUT2D eigenvalue weighted by atomic mass is 14.6. The van der Waals surface area contributed by atoms with Gasteiger partial charge in [0.1, 0.15) is 0 Å². The zero-order chi connectivity index (χ0) is 11.8. The minimum absolute atomic E-state index is 0.174. The molecule has 0 atom stereocenters. The van der Waals surface area contributed by atoms with Crippen LogP contribution in [0.2, 0.25) is 0 Å². The van der Waals surface area contributed by atoms with Crippen molar-refractivity contribution in [3.05, 3.63) is 41.6 Å². The topological polar surface area (TPSA) is 12.9 Å². The van der Waals surface area contributed by atoms with Crippen molar-refractivity contribution in [3.8, 4) is 0 Å². The normalized spacial score (nSPS) is 12.0. The third-order valence-corrected chi connectivity index (χ3v) is 3.00. The summed E-state index contributed by atoms with van der Waals surface area (Å²) < 4.78 is 0. The van der Waals surface area contributed by atoms with Crippen LogP contribution in [0.15, 0.2) is 30.5 Å². The molecule has 0 saturated heterocycles. The molecule has 0 radical (unpaired) electrons. The Morgan fingerprint density at radius 3 is 2.50 bits per heavy atom. The summed E-state index contributed by atoms with van der Waals surface area (Å²) in [6.45, 7) is 9.03. The Bertz CT molecular complexity index is 506. The van der Waals surface area contributed by atoms with E-state index in [1.165, 1.54) is 16.5 Å². The lowest BCUT2D eigenvalue weighted by atomic mass is 9.80. The van der Waals surface area contributed by atoms with E-state index in [4.69, 9.17) is 0 Å². The van der Waals surface area contributed by atoms with E-state index in [0.29, 0.717) is 0 Å². The molecule has 84 valence electrons. The zero-order valence-electron chi connectivity index (χ0n) is 10.5. The third kappa shape index (κ3) is 1.82. The first-order valence-corrected chi connectivity index (χ1v) is 5.91. The highest BCUT2D eigenvalue weighted by Crippen LogP contribution is 2.32. The number of pyridine rings is 1. The van der Waals surface area contributed by atoms with Crippen LogP contribution in [0.4, 0.5) is 0 Å². The molecule has 0 amide bonds. The van der Waals surface area contributed by atoms with Gasteiger partial charge in [0.15, 0.2) is 0 Å². The lowest BCUT2D eigenvalue weighted by Crippen LogP contribution is -2.15. The molecule has 16 heavy (non-hydrogen) atoms. The van der Waals surface area contributed by atoms with E-state index in [0.717, 1.165) is 11.9 Å². The van der Waals surface area contributed by atoms with Crippen LogP contribution in [0.5, 0.6) is 0 Å². The lowest BCUT2D eigenvalue weighted by Gasteiger charge is -2.24. The second kappa shape index (κ2) is 3.89. The molecule has 0 unspecified atom stereocenters. The van der Waals surface area contributed by atoms with Gasteiger partial charge < -0.3 is 0 Å². The van der Waals surface area contributed by atoms with E-state index in [1.54, 1.807) is 0 Å². The number of rotatable bonds is 1. The van der Waals surface area contributed by atoms with Gasteiger partial charge in [-0.3, -0.25) is 4.98 Å². The molecule has 1 heteroatoms. The number of fused-ring (bicyclic) bond motifs is 1. The van der Waals surface area contributed by atoms with Gasteiger partial charge in [0.2, 0.25) is 0 Å². The predicted molar refractivity (Wildman–Crippen MR) is 69.8 cm³/mol. The molecule has 1 nitrogen and oxygen atoms in total. The van der Waals surface area contributed by atoms with Gasteiger partial charge in [-0.15, -0.1) is 0 Å². The summed E-state index contributed by atoms with van der Waals surface area (Å²) in [7, 11) is 0. The smallest absolute Gasteiger partial charge is 0.0705 e. The van der Waals surface area contributed by atoms with Gasteiger partial charge in [-0.05, 0) is 35.1 Å². The van der Waals surface area contributed by atoms with Crippen molar-refractivity contribution in [2.24, 2.45) is 0 Å². The van der Waals surface area contributed by atoms with Crippen LogP contribution in [0, 0.1) is 0 Å². The van der Waals surface area contributed by atoms with Crippen molar-refractivity contribution in [1.29, 1.82) is 0 Å². The number of aryl methyl sites for hydroxylation is 1. The van der Waals surface area contributed by atoms with E-state index in [-0.39, 0.29) is 5.41 Å². The van der Waals surface area contributed by atoms with E-state index < -0.39 is 0 Å². The number of hydrogen-bond acceptors (Lipinski definition) is 1. The summed E-state index contributed by atoms with van der Waals surface area (Å²) >= 11 is 0. The van der Waals surface area contributed by atoms with Crippen molar-refractivity contribution in [2.45, 2.75) is 39.5 Å². The van der Waals surface area contributed by atoms with Gasteiger partial charge in [-0.25, -0.2) is 0 Å². The minimum atomic E-state index is 0.174. The van der Waals surface area contributed by atoms with E-state index >= 15 is 0 Å². The molecule has 0 aliphatic carbocycles. The van der Waals surface area contributed by atoms with Crippen LogP contribution in [-0.4, -0.2) is 4.98 Å². The fourth-order valence-electron chi connectivity index (χ4n) is 2.38. The quantitative estimate of drug-likeness (QED) is 0.695. The second-order valence-electron chi connectivity index (χ2n) is 5.27. The first kappa shape index (κ1) is 11.1. The summed E-state index contributed by atoms with van der Waals surface area (Å²) in [5.74, 6) is 0. The van der Waals surface area contributed by atoms with Crippen molar-refractivity contribution >= 4 is 10.9 Å². The molecule has 0 aliphatic rings. The van der Waals surface area contributed by atoms with Gasteiger partial charge in [-0.1, -0.05) is 39.8 Å². The number of benzene rings is 1. The maximum atomic E-state index is 4.43. The van der Waals surface area contributed by atoms with Crippen LogP contribution in [0.3, 0.4) is 0 Å². The Morgan fingerprint density at radius 1 is 1.12 bits per heavy atom. The fraction of sp³-hybridized carbons (Fsp3) is 0.400. The molecule has 0 saturated carbocycles. The van der Waals surface area contributed by atoms with Gasteiger partial charge in [0.05, 0.1) is 5.52 Å². The van der Waals surface area contributed by atoms with Crippen LogP contribution >= 0.6 is 0 Å². The lowest BCUT2D eigenvalue weighted by molar-refractivity contribution is 0.589. The standard InChI is InChI=1S/C15H19N/c1-5-11-8-9-13-12(7-6-10-16-13)14(11)15(2,3)4/h6-10H,5H2,1-4H3. The Kier molecular flexibility index (Phi) is 2.71. The summed E-state index contributed by atoms with van der Waals surface area (Å²) in [4.78, 5) is 4.43. The maximum Gasteiger partial charge on any atom is 0.0705 e. The average molecular weight is 213 g/mol. The number of nitrogens with zero attached hydrogens (tertiary/aromatic N) is 1. The maximum absolute atomic E-state index is 4.43. The largest absolute Gasteiger partial charge is 0.256 e. The van der Waals surface area contributed by atoms with Gasteiger partial charge >= 0.3 is 0 Å². The summed E-state index contributed by atoms with van der Waals surface area (Å²) in [5.41, 5.74) is 4.16. The molecule has 0 fully saturated rings. The number of aromatic nitrogens is 1. The molecular formula is C15H19N. The molecule has 0 spiro atoms.